The average molecular weight is 306 g/mol. The Morgan fingerprint density at radius 2 is 2.10 bits per heavy atom. The normalized spacial score (nSPS) is 11.8. The van der Waals surface area contributed by atoms with Gasteiger partial charge >= 0.3 is 0 Å². The lowest BCUT2D eigenvalue weighted by Gasteiger charge is -2.14. The maximum atomic E-state index is 13.7. The van der Waals surface area contributed by atoms with Gasteiger partial charge in [-0.2, -0.15) is 5.26 Å². The molecule has 0 unspecified atom stereocenters. The van der Waals surface area contributed by atoms with Gasteiger partial charge in [0.1, 0.15) is 18.2 Å². The summed E-state index contributed by atoms with van der Waals surface area (Å²) >= 11 is 5.88. The lowest BCUT2D eigenvalue weighted by Crippen LogP contribution is -2.03. The first-order chi connectivity index (χ1) is 10.0. The molecule has 0 bridgehead atoms. The molecule has 0 heterocycles. The topological polar surface area (TPSA) is 53.2 Å². The standard InChI is InChI=1S/C16H13ClFNO2/c1-10(20)14-7-13(17)3-5-16(14)21-9-12-6-11(8-19)2-4-15(12)18/h2-7,10,20H,9H2,1H3/t10-/m0/s1. The Morgan fingerprint density at radius 1 is 1.33 bits per heavy atom. The van der Waals surface area contributed by atoms with Crippen LogP contribution in [-0.4, -0.2) is 5.11 Å². The van der Waals surface area contributed by atoms with Crippen LogP contribution in [0.3, 0.4) is 0 Å². The van der Waals surface area contributed by atoms with Crippen molar-refractivity contribution >= 4 is 11.6 Å². The molecule has 0 spiro atoms. The molecule has 0 saturated carbocycles. The molecule has 0 aliphatic heterocycles. The molecule has 3 nitrogen and oxygen atoms in total. The second kappa shape index (κ2) is 6.57. The van der Waals surface area contributed by atoms with Crippen molar-refractivity contribution < 1.29 is 14.2 Å². The summed E-state index contributed by atoms with van der Waals surface area (Å²) in [5.74, 6) is -0.0160. The van der Waals surface area contributed by atoms with E-state index in [9.17, 15) is 9.50 Å². The number of benzene rings is 2. The highest BCUT2D eigenvalue weighted by Gasteiger charge is 2.11. The molecule has 0 aliphatic carbocycles. The highest BCUT2D eigenvalue weighted by Crippen LogP contribution is 2.29. The Kier molecular flexibility index (Phi) is 4.79. The van der Waals surface area contributed by atoms with Crippen molar-refractivity contribution in [2.24, 2.45) is 0 Å². The molecule has 2 aromatic carbocycles. The van der Waals surface area contributed by atoms with Crippen LogP contribution in [0.1, 0.15) is 29.7 Å². The molecule has 2 rings (SSSR count). The van der Waals surface area contributed by atoms with Crippen molar-refractivity contribution in [1.29, 1.82) is 5.26 Å². The summed E-state index contributed by atoms with van der Waals surface area (Å²) < 4.78 is 19.2. The largest absolute Gasteiger partial charge is 0.488 e. The van der Waals surface area contributed by atoms with Crippen LogP contribution in [0, 0.1) is 17.1 Å². The maximum Gasteiger partial charge on any atom is 0.129 e. The van der Waals surface area contributed by atoms with E-state index in [1.54, 1.807) is 25.1 Å². The van der Waals surface area contributed by atoms with E-state index in [1.807, 2.05) is 6.07 Å². The number of aliphatic hydroxyl groups excluding tert-OH is 1. The van der Waals surface area contributed by atoms with Crippen LogP contribution < -0.4 is 4.74 Å². The van der Waals surface area contributed by atoms with Gasteiger partial charge in [0, 0.05) is 16.1 Å². The van der Waals surface area contributed by atoms with Gasteiger partial charge in [0.15, 0.2) is 0 Å². The van der Waals surface area contributed by atoms with Crippen molar-refractivity contribution in [3.8, 4) is 11.8 Å². The Morgan fingerprint density at radius 3 is 2.76 bits per heavy atom. The van der Waals surface area contributed by atoms with Crippen LogP contribution in [0.4, 0.5) is 4.39 Å². The van der Waals surface area contributed by atoms with E-state index < -0.39 is 11.9 Å². The Bertz CT molecular complexity index is 695. The molecule has 0 radical (unpaired) electrons. The molecule has 0 aliphatic rings. The van der Waals surface area contributed by atoms with Gasteiger partial charge in [0.05, 0.1) is 17.7 Å². The van der Waals surface area contributed by atoms with Crippen LogP contribution >= 0.6 is 11.6 Å². The summed E-state index contributed by atoms with van der Waals surface area (Å²) in [4.78, 5) is 0. The van der Waals surface area contributed by atoms with E-state index in [0.29, 0.717) is 21.9 Å². The second-order valence-corrected chi connectivity index (χ2v) is 5.00. The lowest BCUT2D eigenvalue weighted by molar-refractivity contribution is 0.190. The zero-order valence-corrected chi connectivity index (χ0v) is 12.1. The minimum absolute atomic E-state index is 0.0390. The van der Waals surface area contributed by atoms with Crippen molar-refractivity contribution in [1.82, 2.24) is 0 Å². The number of aliphatic hydroxyl groups is 1. The van der Waals surface area contributed by atoms with Crippen molar-refractivity contribution in [3.05, 3.63) is 63.9 Å². The fourth-order valence-electron chi connectivity index (χ4n) is 1.89. The predicted molar refractivity (Wildman–Crippen MR) is 77.5 cm³/mol. The number of hydrogen-bond acceptors (Lipinski definition) is 3. The summed E-state index contributed by atoms with van der Waals surface area (Å²) in [5.41, 5.74) is 1.17. The fraction of sp³-hybridized carbons (Fsp3) is 0.188. The number of nitrogens with zero attached hydrogens (tertiary/aromatic N) is 1. The number of rotatable bonds is 4. The van der Waals surface area contributed by atoms with E-state index in [0.717, 1.165) is 0 Å². The van der Waals surface area contributed by atoms with Crippen LogP contribution in [0.5, 0.6) is 5.75 Å². The van der Waals surface area contributed by atoms with Gasteiger partial charge in [-0.05, 0) is 43.3 Å². The highest BCUT2D eigenvalue weighted by molar-refractivity contribution is 6.30. The molecular formula is C16H13ClFNO2. The van der Waals surface area contributed by atoms with E-state index in [1.165, 1.54) is 18.2 Å². The van der Waals surface area contributed by atoms with Gasteiger partial charge in [-0.1, -0.05) is 11.6 Å². The highest BCUT2D eigenvalue weighted by atomic mass is 35.5. The van der Waals surface area contributed by atoms with Gasteiger partial charge in [0.25, 0.3) is 0 Å². The van der Waals surface area contributed by atoms with Crippen LogP contribution in [0.2, 0.25) is 5.02 Å². The minimum atomic E-state index is -0.756. The number of halogens is 2. The van der Waals surface area contributed by atoms with E-state index in [4.69, 9.17) is 21.6 Å². The number of ether oxygens (including phenoxy) is 1. The summed E-state index contributed by atoms with van der Waals surface area (Å²) in [7, 11) is 0. The molecule has 0 saturated heterocycles. The third-order valence-corrected chi connectivity index (χ3v) is 3.22. The SMILES string of the molecule is C[C@H](O)c1cc(Cl)ccc1OCc1cc(C#N)ccc1F. The first-order valence-corrected chi connectivity index (χ1v) is 6.68. The van der Waals surface area contributed by atoms with Crippen molar-refractivity contribution in [3.63, 3.8) is 0 Å². The Labute approximate surface area is 127 Å². The molecule has 21 heavy (non-hydrogen) atoms. The first-order valence-electron chi connectivity index (χ1n) is 6.30. The predicted octanol–water partition coefficient (Wildman–Crippen LogP) is 3.98. The average Bonchev–Trinajstić information content (AvgIpc) is 2.47. The third-order valence-electron chi connectivity index (χ3n) is 2.98. The zero-order valence-electron chi connectivity index (χ0n) is 11.3. The molecule has 1 N–H and O–H groups in total. The molecule has 5 heteroatoms. The van der Waals surface area contributed by atoms with Crippen LogP contribution in [0.25, 0.3) is 0 Å². The second-order valence-electron chi connectivity index (χ2n) is 4.56. The van der Waals surface area contributed by atoms with Gasteiger partial charge in [-0.25, -0.2) is 4.39 Å². The fourth-order valence-corrected chi connectivity index (χ4v) is 2.07. The molecule has 0 aromatic heterocycles. The van der Waals surface area contributed by atoms with Gasteiger partial charge in [-0.3, -0.25) is 0 Å². The molecule has 0 fully saturated rings. The van der Waals surface area contributed by atoms with E-state index in [2.05, 4.69) is 0 Å². The summed E-state index contributed by atoms with van der Waals surface area (Å²) in [6.45, 7) is 1.55. The smallest absolute Gasteiger partial charge is 0.129 e. The monoisotopic (exact) mass is 305 g/mol. The van der Waals surface area contributed by atoms with Gasteiger partial charge in [-0.15, -0.1) is 0 Å². The quantitative estimate of drug-likeness (QED) is 0.929. The van der Waals surface area contributed by atoms with E-state index >= 15 is 0 Å². The van der Waals surface area contributed by atoms with Crippen LogP contribution in [-0.2, 0) is 6.61 Å². The van der Waals surface area contributed by atoms with Crippen molar-refractivity contribution in [2.45, 2.75) is 19.6 Å². The van der Waals surface area contributed by atoms with Crippen LogP contribution in [0.15, 0.2) is 36.4 Å². The Balaban J connectivity index is 2.23. The van der Waals surface area contributed by atoms with E-state index in [-0.39, 0.29) is 12.2 Å². The summed E-state index contributed by atoms with van der Waals surface area (Å²) in [5, 5.41) is 19.0. The summed E-state index contributed by atoms with van der Waals surface area (Å²) in [6.07, 6.45) is -0.756. The number of nitriles is 1. The van der Waals surface area contributed by atoms with Crippen molar-refractivity contribution in [2.75, 3.05) is 0 Å². The third kappa shape index (κ3) is 3.72. The molecule has 108 valence electrons. The maximum absolute atomic E-state index is 13.7. The Hall–Kier alpha value is -2.09. The molecular weight excluding hydrogens is 293 g/mol. The first kappa shape index (κ1) is 15.3. The zero-order chi connectivity index (χ0) is 15.4. The molecule has 1 atom stereocenters. The molecule has 2 aromatic rings. The minimum Gasteiger partial charge on any atom is -0.488 e. The summed E-state index contributed by atoms with van der Waals surface area (Å²) in [6, 6.07) is 10.9. The van der Waals surface area contributed by atoms with Gasteiger partial charge in [0.2, 0.25) is 0 Å². The number of hydrogen-bond donors (Lipinski definition) is 1. The van der Waals surface area contributed by atoms with Gasteiger partial charge < -0.3 is 9.84 Å². The molecule has 0 amide bonds. The lowest BCUT2D eigenvalue weighted by atomic mass is 10.1.